The maximum absolute atomic E-state index is 13.4. The fraction of sp³-hybridized carbons (Fsp3) is 0.133. The van der Waals surface area contributed by atoms with Gasteiger partial charge >= 0.3 is 5.97 Å². The van der Waals surface area contributed by atoms with E-state index in [-0.39, 0.29) is 11.3 Å². The number of carboxylic acids is 1. The molecule has 0 aliphatic heterocycles. The summed E-state index contributed by atoms with van der Waals surface area (Å²) in [4.78, 5) is 22.9. The number of hydrogen-bond acceptors (Lipinski definition) is 4. The molecule has 7 heteroatoms. The van der Waals surface area contributed by atoms with Gasteiger partial charge in [0.15, 0.2) is 0 Å². The van der Waals surface area contributed by atoms with E-state index in [4.69, 9.17) is 5.73 Å². The van der Waals surface area contributed by atoms with Crippen LogP contribution in [-0.4, -0.2) is 26.0 Å². The Balaban J connectivity index is 2.36. The highest BCUT2D eigenvalue weighted by molar-refractivity contribution is 6.07. The standard InChI is InChI=1S/C15H13FN4O2/c1-2-11-19-13(7-3-4-9(16)10(17)5-7)12-8(15(21)22)6-18-14(12)20-11/h3-6H,2,17H2,1H3,(H,21,22)(H,18,19,20). The van der Waals surface area contributed by atoms with E-state index in [9.17, 15) is 14.3 Å². The van der Waals surface area contributed by atoms with E-state index in [2.05, 4.69) is 15.0 Å². The smallest absolute Gasteiger partial charge is 0.338 e. The van der Waals surface area contributed by atoms with Gasteiger partial charge in [-0.2, -0.15) is 0 Å². The Morgan fingerprint density at radius 1 is 1.41 bits per heavy atom. The molecule has 112 valence electrons. The zero-order chi connectivity index (χ0) is 15.9. The van der Waals surface area contributed by atoms with Gasteiger partial charge in [-0.3, -0.25) is 0 Å². The Morgan fingerprint density at radius 3 is 2.82 bits per heavy atom. The molecule has 0 atom stereocenters. The maximum atomic E-state index is 13.4. The van der Waals surface area contributed by atoms with Gasteiger partial charge in [0.05, 0.1) is 22.3 Å². The third-order valence-corrected chi connectivity index (χ3v) is 3.39. The van der Waals surface area contributed by atoms with Crippen LogP contribution in [0.15, 0.2) is 24.4 Å². The van der Waals surface area contributed by atoms with E-state index in [1.807, 2.05) is 6.92 Å². The number of anilines is 1. The SMILES string of the molecule is CCc1nc(-c2ccc(F)c(N)c2)c2c(C(=O)O)c[nH]c2n1. The molecule has 2 heterocycles. The highest BCUT2D eigenvalue weighted by atomic mass is 19.1. The number of nitrogens with one attached hydrogen (secondary N) is 1. The summed E-state index contributed by atoms with van der Waals surface area (Å²) in [5.74, 6) is -1.06. The van der Waals surface area contributed by atoms with E-state index in [0.29, 0.717) is 34.5 Å². The van der Waals surface area contributed by atoms with Crippen molar-refractivity contribution in [3.63, 3.8) is 0 Å². The number of hydrogen-bond donors (Lipinski definition) is 3. The van der Waals surface area contributed by atoms with Crippen molar-refractivity contribution in [2.45, 2.75) is 13.3 Å². The van der Waals surface area contributed by atoms with Crippen molar-refractivity contribution < 1.29 is 14.3 Å². The minimum atomic E-state index is -1.09. The van der Waals surface area contributed by atoms with Crippen LogP contribution >= 0.6 is 0 Å². The number of rotatable bonds is 3. The number of halogens is 1. The maximum Gasteiger partial charge on any atom is 0.338 e. The second kappa shape index (κ2) is 5.10. The van der Waals surface area contributed by atoms with E-state index < -0.39 is 11.8 Å². The van der Waals surface area contributed by atoms with Crippen molar-refractivity contribution in [1.82, 2.24) is 15.0 Å². The summed E-state index contributed by atoms with van der Waals surface area (Å²) in [7, 11) is 0. The number of fused-ring (bicyclic) bond motifs is 1. The first-order chi connectivity index (χ1) is 10.5. The van der Waals surface area contributed by atoms with Gasteiger partial charge in [-0.1, -0.05) is 6.92 Å². The molecule has 4 N–H and O–H groups in total. The lowest BCUT2D eigenvalue weighted by Crippen LogP contribution is -2.01. The highest BCUT2D eigenvalue weighted by Crippen LogP contribution is 2.30. The first kappa shape index (κ1) is 14.0. The van der Waals surface area contributed by atoms with Crippen molar-refractivity contribution in [2.75, 3.05) is 5.73 Å². The summed E-state index contributed by atoms with van der Waals surface area (Å²) in [5, 5.41) is 9.69. The van der Waals surface area contributed by atoms with Gasteiger partial charge in [0.2, 0.25) is 0 Å². The minimum absolute atomic E-state index is 0.0188. The third kappa shape index (κ3) is 2.16. The monoisotopic (exact) mass is 300 g/mol. The van der Waals surface area contributed by atoms with E-state index in [1.54, 1.807) is 0 Å². The van der Waals surface area contributed by atoms with Gasteiger partial charge in [-0.15, -0.1) is 0 Å². The van der Waals surface area contributed by atoms with Crippen LogP contribution in [-0.2, 0) is 6.42 Å². The Kier molecular flexibility index (Phi) is 3.25. The molecule has 3 aromatic rings. The molecule has 0 fully saturated rings. The Bertz CT molecular complexity index is 889. The van der Waals surface area contributed by atoms with E-state index in [0.717, 1.165) is 0 Å². The highest BCUT2D eigenvalue weighted by Gasteiger charge is 2.19. The van der Waals surface area contributed by atoms with Crippen molar-refractivity contribution >= 4 is 22.7 Å². The summed E-state index contributed by atoms with van der Waals surface area (Å²) < 4.78 is 13.4. The van der Waals surface area contributed by atoms with Crippen molar-refractivity contribution in [1.29, 1.82) is 0 Å². The molecule has 22 heavy (non-hydrogen) atoms. The van der Waals surface area contributed by atoms with Gasteiger partial charge in [0.25, 0.3) is 0 Å². The van der Waals surface area contributed by atoms with Crippen molar-refractivity contribution in [3.05, 3.63) is 41.6 Å². The fourth-order valence-corrected chi connectivity index (χ4v) is 2.31. The molecule has 0 bridgehead atoms. The number of carboxylic acid groups (broad SMARTS) is 1. The number of carbonyl (C=O) groups is 1. The lowest BCUT2D eigenvalue weighted by molar-refractivity contribution is 0.0699. The lowest BCUT2D eigenvalue weighted by Gasteiger charge is -2.07. The number of aromatic carboxylic acids is 1. The second-order valence-electron chi connectivity index (χ2n) is 4.81. The normalized spacial score (nSPS) is 11.0. The molecular formula is C15H13FN4O2. The van der Waals surface area contributed by atoms with Crippen LogP contribution in [0, 0.1) is 5.82 Å². The molecular weight excluding hydrogens is 287 g/mol. The Hall–Kier alpha value is -2.96. The topological polar surface area (TPSA) is 105 Å². The van der Waals surface area contributed by atoms with Crippen LogP contribution in [0.2, 0.25) is 0 Å². The van der Waals surface area contributed by atoms with Crippen LogP contribution in [0.3, 0.4) is 0 Å². The number of benzene rings is 1. The number of aromatic amines is 1. The van der Waals surface area contributed by atoms with Crippen LogP contribution in [0.25, 0.3) is 22.3 Å². The molecule has 0 aliphatic carbocycles. The Morgan fingerprint density at radius 2 is 2.18 bits per heavy atom. The van der Waals surface area contributed by atoms with Crippen LogP contribution in [0.5, 0.6) is 0 Å². The second-order valence-corrected chi connectivity index (χ2v) is 4.81. The number of aryl methyl sites for hydroxylation is 1. The molecule has 0 spiro atoms. The lowest BCUT2D eigenvalue weighted by atomic mass is 10.1. The van der Waals surface area contributed by atoms with E-state index in [1.165, 1.54) is 24.4 Å². The molecule has 0 saturated carbocycles. The summed E-state index contributed by atoms with van der Waals surface area (Å²) in [6, 6.07) is 4.19. The first-order valence-electron chi connectivity index (χ1n) is 6.68. The minimum Gasteiger partial charge on any atom is -0.478 e. The molecule has 0 radical (unpaired) electrons. The molecule has 3 rings (SSSR count). The zero-order valence-electron chi connectivity index (χ0n) is 11.7. The first-order valence-corrected chi connectivity index (χ1v) is 6.68. The van der Waals surface area contributed by atoms with Crippen LogP contribution in [0.1, 0.15) is 23.1 Å². The fourth-order valence-electron chi connectivity index (χ4n) is 2.31. The molecule has 1 aromatic carbocycles. The van der Waals surface area contributed by atoms with Gasteiger partial charge < -0.3 is 15.8 Å². The number of nitrogens with zero attached hydrogens (tertiary/aromatic N) is 2. The van der Waals surface area contributed by atoms with Crippen LogP contribution < -0.4 is 5.73 Å². The average molecular weight is 300 g/mol. The van der Waals surface area contributed by atoms with Gasteiger partial charge in [0.1, 0.15) is 17.3 Å². The summed E-state index contributed by atoms with van der Waals surface area (Å²) in [6.07, 6.45) is 1.96. The molecule has 2 aromatic heterocycles. The summed E-state index contributed by atoms with van der Waals surface area (Å²) in [6.45, 7) is 1.89. The summed E-state index contributed by atoms with van der Waals surface area (Å²) >= 11 is 0. The third-order valence-electron chi connectivity index (χ3n) is 3.39. The van der Waals surface area contributed by atoms with E-state index >= 15 is 0 Å². The van der Waals surface area contributed by atoms with Crippen molar-refractivity contribution in [2.24, 2.45) is 0 Å². The number of nitrogens with two attached hydrogens (primary N) is 1. The molecule has 0 unspecified atom stereocenters. The van der Waals surface area contributed by atoms with Crippen molar-refractivity contribution in [3.8, 4) is 11.3 Å². The molecule has 0 amide bonds. The largest absolute Gasteiger partial charge is 0.478 e. The number of H-pyrrole nitrogens is 1. The molecule has 0 aliphatic rings. The van der Waals surface area contributed by atoms with Gasteiger partial charge in [0, 0.05) is 18.2 Å². The molecule has 0 saturated heterocycles. The quantitative estimate of drug-likeness (QED) is 0.645. The number of nitrogen functional groups attached to an aromatic ring is 1. The average Bonchev–Trinajstić information content (AvgIpc) is 2.93. The van der Waals surface area contributed by atoms with Gasteiger partial charge in [-0.05, 0) is 18.2 Å². The predicted molar refractivity (Wildman–Crippen MR) is 80.0 cm³/mol. The summed E-state index contributed by atoms with van der Waals surface area (Å²) in [5.41, 5.74) is 7.05. The number of aromatic nitrogens is 3. The zero-order valence-corrected chi connectivity index (χ0v) is 11.7. The van der Waals surface area contributed by atoms with Gasteiger partial charge in [-0.25, -0.2) is 19.2 Å². The predicted octanol–water partition coefficient (Wildman–Crippen LogP) is 2.61. The Labute approximate surface area is 124 Å². The van der Waals surface area contributed by atoms with Crippen LogP contribution in [0.4, 0.5) is 10.1 Å². The molecule has 6 nitrogen and oxygen atoms in total.